The van der Waals surface area contributed by atoms with Crippen LogP contribution >= 0.6 is 0 Å². The molecule has 0 bridgehead atoms. The number of unbranched alkanes of at least 4 members (excludes halogenated alkanes) is 3. The Morgan fingerprint density at radius 1 is 1.09 bits per heavy atom. The molecule has 0 N–H and O–H groups in total. The van der Waals surface area contributed by atoms with E-state index in [0.717, 1.165) is 32.1 Å². The van der Waals surface area contributed by atoms with Gasteiger partial charge in [-0.25, -0.2) is 4.79 Å². The lowest BCUT2D eigenvalue weighted by Gasteiger charge is -2.30. The maximum atomic E-state index is 12.2. The zero-order valence-corrected chi connectivity index (χ0v) is 14.3. The van der Waals surface area contributed by atoms with Gasteiger partial charge in [-0.05, 0) is 20.3 Å². The van der Waals surface area contributed by atoms with Crippen LogP contribution in [-0.2, 0) is 19.1 Å². The second-order valence-electron chi connectivity index (χ2n) is 5.70. The average molecular weight is 309 g/mol. The lowest BCUT2D eigenvalue weighted by Crippen LogP contribution is -2.37. The number of methoxy groups -OCH3 is 2. The number of carbonyl (C=O) groups is 2. The van der Waals surface area contributed by atoms with Crippen LogP contribution in [0.1, 0.15) is 52.9 Å². The first-order valence-electron chi connectivity index (χ1n) is 7.89. The fourth-order valence-corrected chi connectivity index (χ4v) is 3.09. The van der Waals surface area contributed by atoms with Crippen LogP contribution in [0.25, 0.3) is 0 Å². The highest BCUT2D eigenvalue weighted by Gasteiger charge is 2.40. The Hall–Kier alpha value is -1.65. The van der Waals surface area contributed by atoms with E-state index in [1.165, 1.54) is 14.2 Å². The molecule has 0 aromatic heterocycles. The molecule has 0 aromatic rings. The summed E-state index contributed by atoms with van der Waals surface area (Å²) < 4.78 is 9.82. The summed E-state index contributed by atoms with van der Waals surface area (Å²) in [5, 5.41) is 0. The summed E-state index contributed by atoms with van der Waals surface area (Å²) in [5.74, 6) is -1.45. The minimum atomic E-state index is -0.496. The summed E-state index contributed by atoms with van der Waals surface area (Å²) in [6.07, 6.45) is 5.11. The van der Waals surface area contributed by atoms with E-state index in [9.17, 15) is 9.59 Å². The molecule has 2 atom stereocenters. The molecule has 1 heterocycles. The molecule has 0 radical (unpaired) electrons. The van der Waals surface area contributed by atoms with Crippen LogP contribution in [0, 0.1) is 11.8 Å². The van der Waals surface area contributed by atoms with Crippen LogP contribution in [0.15, 0.2) is 16.3 Å². The standard InChI is InChI=1S/C17H27NO4/c1-6-7-8-9-10-13-14(16(19)21-4)11(2)18-12(3)15(13)17(20)22-5/h13-14H,6-10H2,1-5H3. The molecule has 0 amide bonds. The SMILES string of the molecule is CCCCCCC1C(C(=O)OC)=C(C)N=C(C)C1C(=O)OC. The normalized spacial score (nSPS) is 21.4. The number of aliphatic imine (C=N–C) groups is 1. The third-order valence-corrected chi connectivity index (χ3v) is 4.19. The molecule has 1 aliphatic heterocycles. The van der Waals surface area contributed by atoms with E-state index in [1.807, 2.05) is 6.92 Å². The topological polar surface area (TPSA) is 65.0 Å². The number of hydrogen-bond donors (Lipinski definition) is 0. The zero-order valence-electron chi connectivity index (χ0n) is 14.3. The van der Waals surface area contributed by atoms with Crippen molar-refractivity contribution in [1.29, 1.82) is 0 Å². The number of allylic oxidation sites excluding steroid dienone is 1. The molecular formula is C17H27NO4. The highest BCUT2D eigenvalue weighted by Crippen LogP contribution is 2.36. The molecule has 124 valence electrons. The van der Waals surface area contributed by atoms with Crippen LogP contribution in [0.2, 0.25) is 0 Å². The minimum Gasteiger partial charge on any atom is -0.468 e. The lowest BCUT2D eigenvalue weighted by atomic mass is 9.77. The summed E-state index contributed by atoms with van der Waals surface area (Å²) >= 11 is 0. The summed E-state index contributed by atoms with van der Waals surface area (Å²) in [5.41, 5.74) is 1.86. The second kappa shape index (κ2) is 8.71. The van der Waals surface area contributed by atoms with E-state index in [4.69, 9.17) is 9.47 Å². The highest BCUT2D eigenvalue weighted by atomic mass is 16.5. The molecule has 1 aliphatic rings. The lowest BCUT2D eigenvalue weighted by molar-refractivity contribution is -0.144. The Bertz CT molecular complexity index is 479. The number of esters is 2. The van der Waals surface area contributed by atoms with Crippen molar-refractivity contribution in [2.75, 3.05) is 14.2 Å². The number of nitrogens with zero attached hydrogens (tertiary/aromatic N) is 1. The van der Waals surface area contributed by atoms with Gasteiger partial charge >= 0.3 is 11.9 Å². The van der Waals surface area contributed by atoms with Crippen molar-refractivity contribution >= 4 is 17.7 Å². The Labute approximate surface area is 132 Å². The maximum Gasteiger partial charge on any atom is 0.335 e. The summed E-state index contributed by atoms with van der Waals surface area (Å²) in [6, 6.07) is 0. The van der Waals surface area contributed by atoms with Crippen molar-refractivity contribution in [3.63, 3.8) is 0 Å². The Kier molecular flexibility index (Phi) is 7.28. The van der Waals surface area contributed by atoms with Gasteiger partial charge < -0.3 is 9.47 Å². The zero-order chi connectivity index (χ0) is 16.7. The van der Waals surface area contributed by atoms with Crippen molar-refractivity contribution in [3.05, 3.63) is 11.3 Å². The molecule has 22 heavy (non-hydrogen) atoms. The van der Waals surface area contributed by atoms with Crippen molar-refractivity contribution in [2.45, 2.75) is 52.9 Å². The number of ether oxygens (including phenoxy) is 2. The van der Waals surface area contributed by atoms with Crippen molar-refractivity contribution in [2.24, 2.45) is 16.8 Å². The molecule has 0 saturated heterocycles. The van der Waals surface area contributed by atoms with Crippen LogP contribution < -0.4 is 0 Å². The van der Waals surface area contributed by atoms with Gasteiger partial charge in [0.05, 0.1) is 19.8 Å². The molecule has 0 spiro atoms. The predicted molar refractivity (Wildman–Crippen MR) is 85.6 cm³/mol. The molecule has 5 heteroatoms. The molecule has 1 rings (SSSR count). The fourth-order valence-electron chi connectivity index (χ4n) is 3.09. The quantitative estimate of drug-likeness (QED) is 0.535. The maximum absolute atomic E-state index is 12.2. The van der Waals surface area contributed by atoms with Gasteiger partial charge in [0, 0.05) is 17.3 Å². The number of rotatable bonds is 7. The molecule has 2 unspecified atom stereocenters. The Morgan fingerprint density at radius 2 is 1.77 bits per heavy atom. The molecule has 5 nitrogen and oxygen atoms in total. The van der Waals surface area contributed by atoms with Gasteiger partial charge in [-0.1, -0.05) is 32.6 Å². The van der Waals surface area contributed by atoms with E-state index in [-0.39, 0.29) is 11.9 Å². The van der Waals surface area contributed by atoms with Gasteiger partial charge in [-0.2, -0.15) is 0 Å². The van der Waals surface area contributed by atoms with Gasteiger partial charge in [0.1, 0.15) is 5.92 Å². The number of hydrogen-bond acceptors (Lipinski definition) is 5. The predicted octanol–water partition coefficient (Wildman–Crippen LogP) is 3.28. The molecule has 0 fully saturated rings. The first kappa shape index (κ1) is 18.4. The Balaban J connectivity index is 3.09. The number of carbonyl (C=O) groups excluding carboxylic acids is 2. The fraction of sp³-hybridized carbons (Fsp3) is 0.706. The molecule has 0 aromatic carbocycles. The first-order valence-corrected chi connectivity index (χ1v) is 7.89. The van der Waals surface area contributed by atoms with Crippen molar-refractivity contribution in [3.8, 4) is 0 Å². The third-order valence-electron chi connectivity index (χ3n) is 4.19. The van der Waals surface area contributed by atoms with E-state index in [0.29, 0.717) is 17.0 Å². The summed E-state index contributed by atoms with van der Waals surface area (Å²) in [4.78, 5) is 28.7. The molecule has 0 saturated carbocycles. The van der Waals surface area contributed by atoms with E-state index < -0.39 is 11.9 Å². The van der Waals surface area contributed by atoms with Gasteiger partial charge in [0.25, 0.3) is 0 Å². The molecule has 0 aliphatic carbocycles. The molecular weight excluding hydrogens is 282 g/mol. The van der Waals surface area contributed by atoms with Crippen LogP contribution in [0.4, 0.5) is 0 Å². The third kappa shape index (κ3) is 4.18. The summed E-state index contributed by atoms with van der Waals surface area (Å²) in [7, 11) is 2.72. The van der Waals surface area contributed by atoms with Gasteiger partial charge in [0.15, 0.2) is 0 Å². The monoisotopic (exact) mass is 309 g/mol. The summed E-state index contributed by atoms with van der Waals surface area (Å²) in [6.45, 7) is 5.76. The van der Waals surface area contributed by atoms with Crippen molar-refractivity contribution in [1.82, 2.24) is 0 Å². The van der Waals surface area contributed by atoms with Crippen molar-refractivity contribution < 1.29 is 19.1 Å². The van der Waals surface area contributed by atoms with E-state index >= 15 is 0 Å². The highest BCUT2D eigenvalue weighted by molar-refractivity contribution is 6.05. The van der Waals surface area contributed by atoms with Crippen LogP contribution in [0.5, 0.6) is 0 Å². The largest absolute Gasteiger partial charge is 0.468 e. The first-order chi connectivity index (χ1) is 10.5. The van der Waals surface area contributed by atoms with E-state index in [1.54, 1.807) is 6.92 Å². The van der Waals surface area contributed by atoms with E-state index in [2.05, 4.69) is 11.9 Å². The van der Waals surface area contributed by atoms with Gasteiger partial charge in [-0.15, -0.1) is 0 Å². The van der Waals surface area contributed by atoms with Gasteiger partial charge in [-0.3, -0.25) is 9.79 Å². The van der Waals surface area contributed by atoms with Crippen LogP contribution in [0.3, 0.4) is 0 Å². The minimum absolute atomic E-state index is 0.214. The smallest absolute Gasteiger partial charge is 0.335 e. The second-order valence-corrected chi connectivity index (χ2v) is 5.70. The Morgan fingerprint density at radius 3 is 2.32 bits per heavy atom. The van der Waals surface area contributed by atoms with Crippen LogP contribution in [-0.4, -0.2) is 31.9 Å². The average Bonchev–Trinajstić information content (AvgIpc) is 2.50. The van der Waals surface area contributed by atoms with Gasteiger partial charge in [0.2, 0.25) is 0 Å².